The lowest BCUT2D eigenvalue weighted by Crippen LogP contribution is -2.26. The van der Waals surface area contributed by atoms with Gasteiger partial charge in [0.15, 0.2) is 0 Å². The number of benzene rings is 3. The predicted molar refractivity (Wildman–Crippen MR) is 142 cm³/mol. The van der Waals surface area contributed by atoms with E-state index in [1.807, 2.05) is 36.4 Å². The molecule has 0 fully saturated rings. The molecule has 0 aliphatic rings. The third kappa shape index (κ3) is 6.26. The molecule has 0 radical (unpaired) electrons. The largest absolute Gasteiger partial charge is 0.457 e. The van der Waals surface area contributed by atoms with E-state index in [-0.39, 0.29) is 11.4 Å². The van der Waals surface area contributed by atoms with Crippen LogP contribution in [0.5, 0.6) is 11.5 Å². The number of fused-ring (bicyclic) bond motifs is 1. The highest BCUT2D eigenvalue weighted by atomic mass is 32.2. The number of aromatic nitrogens is 1. The first-order valence-electron chi connectivity index (χ1n) is 11.3. The molecule has 0 saturated carbocycles. The van der Waals surface area contributed by atoms with Crippen molar-refractivity contribution in [3.05, 3.63) is 78.6 Å². The van der Waals surface area contributed by atoms with Gasteiger partial charge in [0.1, 0.15) is 11.5 Å². The molecule has 3 aromatic carbocycles. The Morgan fingerprint density at radius 1 is 0.946 bits per heavy atom. The Kier molecular flexibility index (Phi) is 7.77. The number of pyridine rings is 1. The van der Waals surface area contributed by atoms with Gasteiger partial charge in [-0.2, -0.15) is 13.2 Å². The molecule has 0 aliphatic heterocycles. The zero-order valence-corrected chi connectivity index (χ0v) is 21.1. The molecule has 0 spiro atoms. The lowest BCUT2D eigenvalue weighted by atomic mass is 10.1. The van der Waals surface area contributed by atoms with Gasteiger partial charge in [-0.1, -0.05) is 24.3 Å². The third-order valence-electron chi connectivity index (χ3n) is 5.44. The number of thioether (sulfide) groups is 1. The number of anilines is 3. The molecule has 1 heterocycles. The van der Waals surface area contributed by atoms with Crippen LogP contribution in [0.2, 0.25) is 0 Å². The van der Waals surface area contributed by atoms with E-state index in [0.29, 0.717) is 16.4 Å². The van der Waals surface area contributed by atoms with E-state index < -0.39 is 23.8 Å². The van der Waals surface area contributed by atoms with Crippen LogP contribution in [0.15, 0.2) is 78.0 Å². The molecule has 4 aromatic rings. The van der Waals surface area contributed by atoms with Crippen molar-refractivity contribution >= 4 is 45.5 Å². The minimum absolute atomic E-state index is 0.104. The molecule has 37 heavy (non-hydrogen) atoms. The summed E-state index contributed by atoms with van der Waals surface area (Å²) in [6.07, 6.45) is 0.00311. The minimum Gasteiger partial charge on any atom is -0.457 e. The van der Waals surface area contributed by atoms with Crippen LogP contribution >= 0.6 is 11.8 Å². The Labute approximate surface area is 216 Å². The highest BCUT2D eigenvalue weighted by Crippen LogP contribution is 2.41. The fourth-order valence-electron chi connectivity index (χ4n) is 3.92. The first-order valence-corrected chi connectivity index (χ1v) is 12.6. The fraction of sp³-hybridized carbons (Fsp3) is 0.185. The molecule has 1 aromatic heterocycles. The van der Waals surface area contributed by atoms with E-state index in [4.69, 9.17) is 4.74 Å². The van der Waals surface area contributed by atoms with Crippen LogP contribution in [0.4, 0.5) is 30.2 Å². The molecule has 4 rings (SSSR count). The van der Waals surface area contributed by atoms with E-state index >= 15 is 0 Å². The van der Waals surface area contributed by atoms with Crippen molar-refractivity contribution in [3.63, 3.8) is 0 Å². The van der Waals surface area contributed by atoms with Gasteiger partial charge in [0.2, 0.25) is 5.91 Å². The highest BCUT2D eigenvalue weighted by Gasteiger charge is 2.32. The van der Waals surface area contributed by atoms with Crippen LogP contribution < -0.4 is 20.7 Å². The van der Waals surface area contributed by atoms with E-state index in [0.717, 1.165) is 28.6 Å². The maximum Gasteiger partial charge on any atom is 0.416 e. The average Bonchev–Trinajstić information content (AvgIpc) is 2.85. The number of nitrogens with zero attached hydrogens (tertiary/aromatic N) is 1. The standard InChI is InChI=1S/C27H25F3N4O2S/c1-16(33-23-14-18(27(28,29)30)15-24(26(23)37-3)34-17(2)35)32-22-8-9-25(21-7-5-4-6-20(21)22)36-19-10-12-31-13-11-19/h4-16,32-33H,1-3H3,(H,34,35). The topological polar surface area (TPSA) is 75.3 Å². The van der Waals surface area contributed by atoms with Gasteiger partial charge < -0.3 is 20.7 Å². The van der Waals surface area contributed by atoms with Gasteiger partial charge in [0.25, 0.3) is 0 Å². The smallest absolute Gasteiger partial charge is 0.416 e. The zero-order valence-electron chi connectivity index (χ0n) is 20.3. The first-order chi connectivity index (χ1) is 17.7. The van der Waals surface area contributed by atoms with Gasteiger partial charge in [0.05, 0.1) is 28.0 Å². The molecule has 6 nitrogen and oxygen atoms in total. The summed E-state index contributed by atoms with van der Waals surface area (Å²) in [5, 5.41) is 10.7. The first kappa shape index (κ1) is 26.2. The molecule has 0 bridgehead atoms. The number of carbonyl (C=O) groups is 1. The molecule has 0 saturated heterocycles. The number of hydrogen-bond acceptors (Lipinski definition) is 6. The van der Waals surface area contributed by atoms with Gasteiger partial charge in [-0.25, -0.2) is 0 Å². The molecular weight excluding hydrogens is 501 g/mol. The second-order valence-corrected chi connectivity index (χ2v) is 9.05. The number of ether oxygens (including phenoxy) is 1. The monoisotopic (exact) mass is 526 g/mol. The molecular formula is C27H25F3N4O2S. The van der Waals surface area contributed by atoms with Crippen molar-refractivity contribution in [2.24, 2.45) is 0 Å². The molecule has 1 amide bonds. The van der Waals surface area contributed by atoms with Crippen LogP contribution in [0.3, 0.4) is 0 Å². The number of nitrogens with one attached hydrogen (secondary N) is 3. The van der Waals surface area contributed by atoms with Gasteiger partial charge in [-0.05, 0) is 49.6 Å². The summed E-state index contributed by atoms with van der Waals surface area (Å²) in [5.74, 6) is 0.864. The Morgan fingerprint density at radius 3 is 2.24 bits per heavy atom. The normalized spacial score (nSPS) is 12.2. The summed E-state index contributed by atoms with van der Waals surface area (Å²) in [6.45, 7) is 3.06. The minimum atomic E-state index is -4.57. The summed E-state index contributed by atoms with van der Waals surface area (Å²) < 4.78 is 46.8. The van der Waals surface area contributed by atoms with Crippen LogP contribution in [0.1, 0.15) is 19.4 Å². The average molecular weight is 527 g/mol. The van der Waals surface area contributed by atoms with Crippen LogP contribution in [-0.2, 0) is 11.0 Å². The Bertz CT molecular complexity index is 1410. The summed E-state index contributed by atoms with van der Waals surface area (Å²) in [5.41, 5.74) is 0.282. The van der Waals surface area contributed by atoms with E-state index in [2.05, 4.69) is 20.9 Å². The number of rotatable bonds is 8. The summed E-state index contributed by atoms with van der Waals surface area (Å²) in [7, 11) is 0. The van der Waals surface area contributed by atoms with Crippen LogP contribution in [0, 0.1) is 0 Å². The van der Waals surface area contributed by atoms with Gasteiger partial charge in [-0.3, -0.25) is 9.78 Å². The van der Waals surface area contributed by atoms with Crippen molar-refractivity contribution < 1.29 is 22.7 Å². The van der Waals surface area contributed by atoms with Crippen molar-refractivity contribution in [2.45, 2.75) is 31.1 Å². The van der Waals surface area contributed by atoms with Crippen molar-refractivity contribution in [2.75, 3.05) is 22.2 Å². The van der Waals surface area contributed by atoms with E-state index in [1.165, 1.54) is 18.7 Å². The van der Waals surface area contributed by atoms with Gasteiger partial charge in [0, 0.05) is 35.8 Å². The fourth-order valence-corrected chi connectivity index (χ4v) is 4.59. The Balaban J connectivity index is 1.64. The number of hydrogen-bond donors (Lipinski definition) is 3. The van der Waals surface area contributed by atoms with Crippen LogP contribution in [0.25, 0.3) is 10.8 Å². The lowest BCUT2D eigenvalue weighted by Gasteiger charge is -2.24. The Morgan fingerprint density at radius 2 is 1.59 bits per heavy atom. The number of carbonyl (C=O) groups excluding carboxylic acids is 1. The second kappa shape index (κ2) is 11.0. The molecule has 1 atom stereocenters. The summed E-state index contributed by atoms with van der Waals surface area (Å²) in [6, 6.07) is 16.9. The maximum atomic E-state index is 13.6. The molecule has 0 aliphatic carbocycles. The second-order valence-electron chi connectivity index (χ2n) is 8.24. The number of halogens is 3. The molecule has 3 N–H and O–H groups in total. The Hall–Kier alpha value is -3.92. The van der Waals surface area contributed by atoms with Crippen molar-refractivity contribution in [1.82, 2.24) is 4.98 Å². The third-order valence-corrected chi connectivity index (χ3v) is 6.28. The van der Waals surface area contributed by atoms with E-state index in [9.17, 15) is 18.0 Å². The SMILES string of the molecule is CSc1c(NC(C)=O)cc(C(F)(F)F)cc1NC(C)Nc1ccc(Oc2ccncc2)c2ccccc12. The number of amides is 1. The van der Waals surface area contributed by atoms with Crippen LogP contribution in [-0.4, -0.2) is 23.3 Å². The van der Waals surface area contributed by atoms with Crippen molar-refractivity contribution in [3.8, 4) is 11.5 Å². The zero-order chi connectivity index (χ0) is 26.6. The summed E-state index contributed by atoms with van der Waals surface area (Å²) >= 11 is 1.24. The molecule has 1 unspecified atom stereocenters. The number of alkyl halides is 3. The predicted octanol–water partition coefficient (Wildman–Crippen LogP) is 7.60. The summed E-state index contributed by atoms with van der Waals surface area (Å²) in [4.78, 5) is 16.1. The molecule has 192 valence electrons. The quantitative estimate of drug-likeness (QED) is 0.162. The maximum absolute atomic E-state index is 13.6. The van der Waals surface area contributed by atoms with E-state index in [1.54, 1.807) is 37.7 Å². The van der Waals surface area contributed by atoms with Gasteiger partial charge >= 0.3 is 6.18 Å². The lowest BCUT2D eigenvalue weighted by molar-refractivity contribution is -0.137. The highest BCUT2D eigenvalue weighted by molar-refractivity contribution is 7.99. The molecule has 10 heteroatoms. The van der Waals surface area contributed by atoms with Crippen molar-refractivity contribution in [1.29, 1.82) is 0 Å². The van der Waals surface area contributed by atoms with Gasteiger partial charge in [-0.15, -0.1) is 11.8 Å².